The fourth-order valence-corrected chi connectivity index (χ4v) is 2.52. The highest BCUT2D eigenvalue weighted by Crippen LogP contribution is 2.23. The third-order valence-corrected chi connectivity index (χ3v) is 3.88. The van der Waals surface area contributed by atoms with Crippen molar-refractivity contribution >= 4 is 39.0 Å². The predicted octanol–water partition coefficient (Wildman–Crippen LogP) is 3.65. The van der Waals surface area contributed by atoms with Crippen LogP contribution in [0, 0.1) is 0 Å². The summed E-state index contributed by atoms with van der Waals surface area (Å²) in [6, 6.07) is 12.7. The van der Waals surface area contributed by atoms with Crippen LogP contribution in [0.3, 0.4) is 0 Å². The lowest BCUT2D eigenvalue weighted by atomic mass is 10.2. The van der Waals surface area contributed by atoms with E-state index in [4.69, 9.17) is 0 Å². The van der Waals surface area contributed by atoms with Gasteiger partial charge in [0.15, 0.2) is 5.82 Å². The third kappa shape index (κ3) is 3.75. The zero-order valence-electron chi connectivity index (χ0n) is 12.8. The van der Waals surface area contributed by atoms with Crippen molar-refractivity contribution in [1.82, 2.24) is 15.2 Å². The smallest absolute Gasteiger partial charge is 0.256 e. The van der Waals surface area contributed by atoms with Gasteiger partial charge in [-0.1, -0.05) is 22.0 Å². The van der Waals surface area contributed by atoms with Crippen molar-refractivity contribution in [2.75, 3.05) is 17.3 Å². The average Bonchev–Trinajstić information content (AvgIpc) is 2.62. The molecule has 0 atom stereocenters. The fourth-order valence-electron chi connectivity index (χ4n) is 2.12. The molecule has 3 rings (SSSR count). The molecule has 1 N–H and O–H groups in total. The molecule has 0 aliphatic rings. The Bertz CT molecular complexity index is 856. The van der Waals surface area contributed by atoms with Gasteiger partial charge in [0, 0.05) is 29.3 Å². The molecule has 2 aromatic heterocycles. The van der Waals surface area contributed by atoms with Crippen LogP contribution in [0.4, 0.5) is 17.2 Å². The number of amides is 1. The summed E-state index contributed by atoms with van der Waals surface area (Å²) < 4.78 is 0.839. The molecule has 3 aromatic rings. The number of aromatic nitrogens is 3. The van der Waals surface area contributed by atoms with Gasteiger partial charge >= 0.3 is 0 Å². The molecule has 0 unspecified atom stereocenters. The third-order valence-electron chi connectivity index (χ3n) is 3.39. The first kappa shape index (κ1) is 16.1. The molecular formula is C17H14BrN5O. The number of pyridine rings is 1. The number of nitrogens with zero attached hydrogens (tertiary/aromatic N) is 4. The first-order valence-electron chi connectivity index (χ1n) is 7.17. The van der Waals surface area contributed by atoms with E-state index in [0.29, 0.717) is 11.4 Å². The van der Waals surface area contributed by atoms with Crippen LogP contribution in [-0.2, 0) is 0 Å². The van der Waals surface area contributed by atoms with Crippen molar-refractivity contribution < 1.29 is 4.79 Å². The van der Waals surface area contributed by atoms with Crippen LogP contribution in [0.15, 0.2) is 65.5 Å². The molecule has 7 heteroatoms. The zero-order chi connectivity index (χ0) is 16.9. The largest absolute Gasteiger partial charge is 0.342 e. The summed E-state index contributed by atoms with van der Waals surface area (Å²) in [5, 5.41) is 10.7. The Labute approximate surface area is 147 Å². The number of benzene rings is 1. The molecule has 0 aliphatic heterocycles. The van der Waals surface area contributed by atoms with E-state index in [9.17, 15) is 4.79 Å². The molecule has 0 saturated carbocycles. The summed E-state index contributed by atoms with van der Waals surface area (Å²) in [6.07, 6.45) is 5.09. The van der Waals surface area contributed by atoms with Crippen LogP contribution >= 0.6 is 15.9 Å². The number of hydrogen-bond acceptors (Lipinski definition) is 5. The van der Waals surface area contributed by atoms with E-state index in [1.165, 1.54) is 0 Å². The van der Waals surface area contributed by atoms with Gasteiger partial charge in [-0.15, -0.1) is 5.10 Å². The minimum absolute atomic E-state index is 0.244. The van der Waals surface area contributed by atoms with Crippen LogP contribution in [-0.4, -0.2) is 28.1 Å². The summed E-state index contributed by atoms with van der Waals surface area (Å²) in [6.45, 7) is 0. The van der Waals surface area contributed by atoms with Crippen LogP contribution in [0.25, 0.3) is 0 Å². The van der Waals surface area contributed by atoms with Crippen LogP contribution < -0.4 is 10.2 Å². The van der Waals surface area contributed by atoms with E-state index in [1.807, 2.05) is 30.1 Å². The summed E-state index contributed by atoms with van der Waals surface area (Å²) in [5.74, 6) is 0.139. The molecule has 1 amide bonds. The van der Waals surface area contributed by atoms with Gasteiger partial charge in [-0.3, -0.25) is 9.78 Å². The van der Waals surface area contributed by atoms with E-state index < -0.39 is 0 Å². The second-order valence-electron chi connectivity index (χ2n) is 5.03. The van der Waals surface area contributed by atoms with Crippen LogP contribution in [0.1, 0.15) is 10.4 Å². The Kier molecular flexibility index (Phi) is 4.81. The van der Waals surface area contributed by atoms with Crippen molar-refractivity contribution in [3.8, 4) is 0 Å². The molecule has 6 nitrogen and oxygen atoms in total. The van der Waals surface area contributed by atoms with Crippen LogP contribution in [0.2, 0.25) is 0 Å². The number of carbonyl (C=O) groups excluding carboxylic acids is 1. The lowest BCUT2D eigenvalue weighted by Crippen LogP contribution is -2.15. The van der Waals surface area contributed by atoms with Crippen molar-refractivity contribution in [1.29, 1.82) is 0 Å². The van der Waals surface area contributed by atoms with E-state index in [-0.39, 0.29) is 5.91 Å². The van der Waals surface area contributed by atoms with Gasteiger partial charge in [0.1, 0.15) is 0 Å². The fraction of sp³-hybridized carbons (Fsp3) is 0.0588. The molecule has 2 heterocycles. The molecule has 0 aliphatic carbocycles. The monoisotopic (exact) mass is 383 g/mol. The Balaban J connectivity index is 1.79. The maximum atomic E-state index is 12.3. The van der Waals surface area contributed by atoms with Gasteiger partial charge in [0.25, 0.3) is 5.91 Å². The number of halogens is 1. The van der Waals surface area contributed by atoms with Crippen molar-refractivity contribution in [3.63, 3.8) is 0 Å². The molecule has 1 aromatic carbocycles. The van der Waals surface area contributed by atoms with E-state index in [1.54, 1.807) is 42.9 Å². The van der Waals surface area contributed by atoms with Crippen molar-refractivity contribution in [3.05, 3.63) is 71.1 Å². The standard InChI is InChI=1S/C17H14BrN5O/c1-23(14-6-3-7-19-10-14)15-9-16(22-20-11-15)21-17(24)12-4-2-5-13(18)8-12/h2-11H,1H3,(H,21,22,24). The molecule has 24 heavy (non-hydrogen) atoms. The lowest BCUT2D eigenvalue weighted by molar-refractivity contribution is 0.102. The Morgan fingerprint density at radius 2 is 2.00 bits per heavy atom. The van der Waals surface area contributed by atoms with E-state index in [0.717, 1.165) is 15.8 Å². The quantitative estimate of drug-likeness (QED) is 0.744. The Morgan fingerprint density at radius 1 is 1.12 bits per heavy atom. The van der Waals surface area contributed by atoms with Gasteiger partial charge in [-0.25, -0.2) is 0 Å². The maximum Gasteiger partial charge on any atom is 0.256 e. The van der Waals surface area contributed by atoms with Crippen molar-refractivity contribution in [2.24, 2.45) is 0 Å². The minimum atomic E-state index is -0.244. The van der Waals surface area contributed by atoms with E-state index >= 15 is 0 Å². The van der Waals surface area contributed by atoms with Gasteiger partial charge in [0.05, 0.1) is 23.8 Å². The molecule has 0 radical (unpaired) electrons. The second kappa shape index (κ2) is 7.18. The average molecular weight is 384 g/mol. The summed E-state index contributed by atoms with van der Waals surface area (Å²) in [4.78, 5) is 18.3. The van der Waals surface area contributed by atoms with E-state index in [2.05, 4.69) is 36.4 Å². The number of anilines is 3. The molecule has 120 valence electrons. The molecule has 0 fully saturated rings. The summed E-state index contributed by atoms with van der Waals surface area (Å²) >= 11 is 3.35. The molecule has 0 spiro atoms. The maximum absolute atomic E-state index is 12.3. The molecular weight excluding hydrogens is 370 g/mol. The lowest BCUT2D eigenvalue weighted by Gasteiger charge is -2.18. The number of rotatable bonds is 4. The number of carbonyl (C=O) groups is 1. The topological polar surface area (TPSA) is 71.0 Å². The van der Waals surface area contributed by atoms with Crippen molar-refractivity contribution in [2.45, 2.75) is 0 Å². The van der Waals surface area contributed by atoms with Gasteiger partial charge in [0.2, 0.25) is 0 Å². The highest BCUT2D eigenvalue weighted by molar-refractivity contribution is 9.10. The Morgan fingerprint density at radius 3 is 2.75 bits per heavy atom. The Hall–Kier alpha value is -2.80. The normalized spacial score (nSPS) is 10.2. The SMILES string of the molecule is CN(c1cccnc1)c1cnnc(NC(=O)c2cccc(Br)c2)c1. The highest BCUT2D eigenvalue weighted by Gasteiger charge is 2.10. The van der Waals surface area contributed by atoms with Gasteiger partial charge in [-0.2, -0.15) is 5.10 Å². The van der Waals surface area contributed by atoms with Gasteiger partial charge in [-0.05, 0) is 30.3 Å². The van der Waals surface area contributed by atoms with Crippen LogP contribution in [0.5, 0.6) is 0 Å². The summed E-state index contributed by atoms with van der Waals surface area (Å²) in [5.41, 5.74) is 2.24. The zero-order valence-corrected chi connectivity index (χ0v) is 14.4. The predicted molar refractivity (Wildman–Crippen MR) is 96.4 cm³/mol. The van der Waals surface area contributed by atoms with Gasteiger partial charge < -0.3 is 10.2 Å². The summed E-state index contributed by atoms with van der Waals surface area (Å²) in [7, 11) is 1.90. The first-order chi connectivity index (χ1) is 11.6. The highest BCUT2D eigenvalue weighted by atomic mass is 79.9. The second-order valence-corrected chi connectivity index (χ2v) is 5.95. The molecule has 0 saturated heterocycles. The number of nitrogens with one attached hydrogen (secondary N) is 1. The number of hydrogen-bond donors (Lipinski definition) is 1. The first-order valence-corrected chi connectivity index (χ1v) is 7.96. The minimum Gasteiger partial charge on any atom is -0.342 e. The molecule has 0 bridgehead atoms.